The third-order valence-electron chi connectivity index (χ3n) is 8.14. The van der Waals surface area contributed by atoms with Gasteiger partial charge in [-0.25, -0.2) is 4.99 Å². The highest BCUT2D eigenvalue weighted by molar-refractivity contribution is 8.13. The molecule has 4 nitrogen and oxygen atoms in total. The summed E-state index contributed by atoms with van der Waals surface area (Å²) < 4.78 is 5.66. The fourth-order valence-corrected chi connectivity index (χ4v) is 6.98. The summed E-state index contributed by atoms with van der Waals surface area (Å²) in [6.07, 6.45) is 12.2. The maximum absolute atomic E-state index is 13.9. The van der Waals surface area contributed by atoms with Crippen molar-refractivity contribution in [1.82, 2.24) is 4.90 Å². The lowest BCUT2D eigenvalue weighted by Crippen LogP contribution is -2.51. The van der Waals surface area contributed by atoms with E-state index >= 15 is 0 Å². The van der Waals surface area contributed by atoms with E-state index in [-0.39, 0.29) is 17.4 Å². The van der Waals surface area contributed by atoms with Crippen molar-refractivity contribution in [2.75, 3.05) is 20.4 Å². The van der Waals surface area contributed by atoms with Gasteiger partial charge in [-0.05, 0) is 74.5 Å². The van der Waals surface area contributed by atoms with Gasteiger partial charge in [-0.3, -0.25) is 9.69 Å². The highest BCUT2D eigenvalue weighted by atomic mass is 32.2. The summed E-state index contributed by atoms with van der Waals surface area (Å²) in [6, 6.07) is 6.55. The van der Waals surface area contributed by atoms with Crippen molar-refractivity contribution in [2.24, 2.45) is 16.3 Å². The SMILES string of the molecule is COC1CCC2(CC1)Cc1ccc(C#CC3CCCC3)cc1C21N=C(SC)N(C)C1=O. The molecule has 2 spiro atoms. The average Bonchev–Trinajstić information content (AvgIpc) is 3.47. The first-order valence-electron chi connectivity index (χ1n) is 11.6. The number of fused-ring (bicyclic) bond motifs is 3. The summed E-state index contributed by atoms with van der Waals surface area (Å²) in [4.78, 5) is 20.9. The Balaban J connectivity index is 1.60. The van der Waals surface area contributed by atoms with Crippen molar-refractivity contribution in [2.45, 2.75) is 69.4 Å². The molecule has 1 aromatic carbocycles. The number of hydrogen-bond acceptors (Lipinski definition) is 4. The molecule has 5 heteroatoms. The number of aliphatic imine (C=N–C) groups is 1. The molecule has 1 aromatic rings. The molecule has 0 aromatic heterocycles. The zero-order chi connectivity index (χ0) is 21.6. The summed E-state index contributed by atoms with van der Waals surface area (Å²) in [5.41, 5.74) is 2.43. The van der Waals surface area contributed by atoms with Crippen LogP contribution in [-0.4, -0.2) is 42.5 Å². The highest BCUT2D eigenvalue weighted by Crippen LogP contribution is 2.62. The van der Waals surface area contributed by atoms with Crippen LogP contribution in [0.5, 0.6) is 0 Å². The van der Waals surface area contributed by atoms with Crippen LogP contribution in [-0.2, 0) is 21.5 Å². The molecule has 1 amide bonds. The van der Waals surface area contributed by atoms with E-state index in [1.165, 1.54) is 31.2 Å². The molecular weight excluding hydrogens is 404 g/mol. The summed E-state index contributed by atoms with van der Waals surface area (Å²) in [5.74, 6) is 7.58. The second kappa shape index (κ2) is 7.98. The van der Waals surface area contributed by atoms with Crippen molar-refractivity contribution in [3.05, 3.63) is 34.9 Å². The number of carbonyl (C=O) groups is 1. The molecule has 5 rings (SSSR count). The first-order chi connectivity index (χ1) is 15.0. The van der Waals surface area contributed by atoms with Crippen LogP contribution < -0.4 is 0 Å². The summed E-state index contributed by atoms with van der Waals surface area (Å²) in [7, 11) is 3.68. The van der Waals surface area contributed by atoms with Crippen LogP contribution in [0.2, 0.25) is 0 Å². The number of benzene rings is 1. The molecule has 0 bridgehead atoms. The number of hydrogen-bond donors (Lipinski definition) is 0. The Morgan fingerprint density at radius 3 is 2.58 bits per heavy atom. The van der Waals surface area contributed by atoms with E-state index in [0.29, 0.717) is 5.92 Å². The number of likely N-dealkylation sites (N-methyl/N-ethyl adjacent to an activating group) is 1. The first kappa shape index (κ1) is 21.1. The quantitative estimate of drug-likeness (QED) is 0.597. The lowest BCUT2D eigenvalue weighted by Gasteiger charge is -2.45. The number of thioether (sulfide) groups is 1. The van der Waals surface area contributed by atoms with Crippen molar-refractivity contribution >= 4 is 22.8 Å². The van der Waals surface area contributed by atoms with Gasteiger partial charge < -0.3 is 4.74 Å². The predicted octanol–water partition coefficient (Wildman–Crippen LogP) is 4.75. The predicted molar refractivity (Wildman–Crippen MR) is 126 cm³/mol. The van der Waals surface area contributed by atoms with Crippen LogP contribution in [0.1, 0.15) is 68.1 Å². The minimum atomic E-state index is -0.806. The third kappa shape index (κ3) is 3.17. The summed E-state index contributed by atoms with van der Waals surface area (Å²) >= 11 is 1.57. The van der Waals surface area contributed by atoms with Crippen molar-refractivity contribution in [3.63, 3.8) is 0 Å². The van der Waals surface area contributed by atoms with Gasteiger partial charge in [0.2, 0.25) is 0 Å². The van der Waals surface area contributed by atoms with E-state index in [1.54, 1.807) is 23.8 Å². The summed E-state index contributed by atoms with van der Waals surface area (Å²) in [5, 5.41) is 0.827. The Hall–Kier alpha value is -1.77. The highest BCUT2D eigenvalue weighted by Gasteiger charge is 2.66. The number of methoxy groups -OCH3 is 1. The molecule has 0 N–H and O–H groups in total. The molecule has 31 heavy (non-hydrogen) atoms. The van der Waals surface area contributed by atoms with Crippen LogP contribution in [0.4, 0.5) is 0 Å². The standard InChI is InChI=1S/C26H32N2O2S/c1-28-23(29)26(27-24(28)31-3)22-16-19(9-8-18-6-4-5-7-18)10-11-20(22)17-25(26)14-12-21(30-2)13-15-25/h10-11,16,18,21H,4-7,12-15,17H2,1-3H3. The average molecular weight is 437 g/mol. The van der Waals surface area contributed by atoms with Gasteiger partial charge in [0.25, 0.3) is 5.91 Å². The molecule has 1 aliphatic heterocycles. The van der Waals surface area contributed by atoms with E-state index in [2.05, 4.69) is 30.0 Å². The fourth-order valence-electron chi connectivity index (χ4n) is 6.40. The largest absolute Gasteiger partial charge is 0.381 e. The van der Waals surface area contributed by atoms with Gasteiger partial charge in [0.1, 0.15) is 0 Å². The molecule has 1 heterocycles. The Bertz CT molecular complexity index is 977. The van der Waals surface area contributed by atoms with Crippen molar-refractivity contribution < 1.29 is 9.53 Å². The van der Waals surface area contributed by atoms with Crippen LogP contribution >= 0.6 is 11.8 Å². The van der Waals surface area contributed by atoms with Gasteiger partial charge >= 0.3 is 0 Å². The zero-order valence-electron chi connectivity index (χ0n) is 18.9. The molecule has 1 unspecified atom stereocenters. The second-order valence-corrected chi connectivity index (χ2v) is 10.5. The number of carbonyl (C=O) groups excluding carboxylic acids is 1. The molecule has 164 valence electrons. The van der Waals surface area contributed by atoms with Gasteiger partial charge in [-0.1, -0.05) is 42.5 Å². The molecular formula is C26H32N2O2S. The van der Waals surface area contributed by atoms with E-state index < -0.39 is 5.54 Å². The molecule has 4 aliphatic rings. The number of amides is 1. The van der Waals surface area contributed by atoms with Gasteiger partial charge in [0.15, 0.2) is 10.7 Å². The van der Waals surface area contributed by atoms with E-state index in [9.17, 15) is 4.79 Å². The Labute approximate surface area is 190 Å². The Kier molecular flexibility index (Phi) is 5.43. The smallest absolute Gasteiger partial charge is 0.261 e. The van der Waals surface area contributed by atoms with Crippen molar-refractivity contribution in [1.29, 1.82) is 0 Å². The van der Waals surface area contributed by atoms with Crippen LogP contribution in [0, 0.1) is 23.2 Å². The molecule has 2 fully saturated rings. The van der Waals surface area contributed by atoms with Gasteiger partial charge in [0.05, 0.1) is 6.10 Å². The van der Waals surface area contributed by atoms with E-state index in [4.69, 9.17) is 9.73 Å². The lowest BCUT2D eigenvalue weighted by atomic mass is 9.61. The topological polar surface area (TPSA) is 41.9 Å². The minimum Gasteiger partial charge on any atom is -0.381 e. The van der Waals surface area contributed by atoms with Gasteiger partial charge in [-0.2, -0.15) is 0 Å². The number of amidine groups is 1. The van der Waals surface area contributed by atoms with Crippen LogP contribution in [0.15, 0.2) is 23.2 Å². The van der Waals surface area contributed by atoms with Crippen molar-refractivity contribution in [3.8, 4) is 11.8 Å². The van der Waals surface area contributed by atoms with Crippen LogP contribution in [0.3, 0.4) is 0 Å². The Morgan fingerprint density at radius 1 is 1.19 bits per heavy atom. The lowest BCUT2D eigenvalue weighted by molar-refractivity contribution is -0.137. The molecule has 2 saturated carbocycles. The molecule has 0 saturated heterocycles. The van der Waals surface area contributed by atoms with E-state index in [0.717, 1.165) is 48.4 Å². The molecule has 0 radical (unpaired) electrons. The normalized spacial score (nSPS) is 32.5. The number of ether oxygens (including phenoxy) is 1. The van der Waals surface area contributed by atoms with E-state index in [1.807, 2.05) is 13.3 Å². The fraction of sp³-hybridized carbons (Fsp3) is 0.615. The summed E-state index contributed by atoms with van der Waals surface area (Å²) in [6.45, 7) is 0. The monoisotopic (exact) mass is 436 g/mol. The van der Waals surface area contributed by atoms with Gasteiger partial charge in [0, 0.05) is 31.1 Å². The third-order valence-corrected chi connectivity index (χ3v) is 8.87. The second-order valence-electron chi connectivity index (χ2n) is 9.69. The molecule has 1 atom stereocenters. The maximum atomic E-state index is 13.9. The van der Waals surface area contributed by atoms with Gasteiger partial charge in [-0.15, -0.1) is 0 Å². The molecule has 3 aliphatic carbocycles. The minimum absolute atomic E-state index is 0.132. The number of nitrogens with zero attached hydrogens (tertiary/aromatic N) is 2. The zero-order valence-corrected chi connectivity index (χ0v) is 19.7. The Morgan fingerprint density at radius 2 is 1.94 bits per heavy atom. The number of rotatable bonds is 1. The maximum Gasteiger partial charge on any atom is 0.261 e. The first-order valence-corrected chi connectivity index (χ1v) is 12.9. The van der Waals surface area contributed by atoms with Crippen LogP contribution in [0.25, 0.3) is 0 Å².